The molecule has 156 valence electrons. The summed E-state index contributed by atoms with van der Waals surface area (Å²) in [5.74, 6) is -0.490. The summed E-state index contributed by atoms with van der Waals surface area (Å²) in [5.41, 5.74) is 1.10. The first kappa shape index (κ1) is 22.8. The minimum atomic E-state index is -1.89. The van der Waals surface area contributed by atoms with Crippen molar-refractivity contribution in [2.45, 2.75) is 76.8 Å². The van der Waals surface area contributed by atoms with Crippen molar-refractivity contribution in [1.82, 2.24) is 4.98 Å². The van der Waals surface area contributed by atoms with Crippen molar-refractivity contribution in [2.75, 3.05) is 6.61 Å². The van der Waals surface area contributed by atoms with Gasteiger partial charge in [-0.05, 0) is 49.0 Å². The maximum absolute atomic E-state index is 10.6. The number of carboxylic acid groups (broad SMARTS) is 1. The van der Waals surface area contributed by atoms with Gasteiger partial charge in [0, 0.05) is 24.7 Å². The molecule has 1 saturated heterocycles. The summed E-state index contributed by atoms with van der Waals surface area (Å²) in [5, 5.41) is 8.90. The molecule has 0 aromatic carbocycles. The number of carboxylic acids is 1. The van der Waals surface area contributed by atoms with E-state index in [1.165, 1.54) is 0 Å². The molecule has 1 fully saturated rings. The summed E-state index contributed by atoms with van der Waals surface area (Å²) in [6.45, 7) is 12.0. The molecule has 0 amide bonds. The summed E-state index contributed by atoms with van der Waals surface area (Å²) in [6, 6.07) is 4.02. The van der Waals surface area contributed by atoms with Gasteiger partial charge >= 0.3 is 5.97 Å². The van der Waals surface area contributed by atoms with Gasteiger partial charge in [-0.15, -0.1) is 0 Å². The summed E-state index contributed by atoms with van der Waals surface area (Å²) in [7, 11) is -1.89. The zero-order valence-corrected chi connectivity index (χ0v) is 18.9. The minimum absolute atomic E-state index is 0.00381. The number of allylic oxidation sites excluding steroid dienone is 2. The maximum atomic E-state index is 10.6. The van der Waals surface area contributed by atoms with E-state index in [1.54, 1.807) is 6.20 Å². The van der Waals surface area contributed by atoms with Crippen LogP contribution in [-0.4, -0.2) is 37.1 Å². The Hall–Kier alpha value is -1.50. The molecular formula is C22H35NO4Si. The Bertz CT molecular complexity index is 654. The molecule has 0 aliphatic carbocycles. The van der Waals surface area contributed by atoms with E-state index in [4.69, 9.17) is 14.3 Å². The predicted octanol–water partition coefficient (Wildman–Crippen LogP) is 5.36. The first-order chi connectivity index (χ1) is 13.1. The quantitative estimate of drug-likeness (QED) is 0.442. The fraction of sp³-hybridized carbons (Fsp3) is 0.636. The third-order valence-electron chi connectivity index (χ3n) is 5.93. The van der Waals surface area contributed by atoms with Crippen LogP contribution in [0.2, 0.25) is 18.1 Å². The lowest BCUT2D eigenvalue weighted by Gasteiger charge is -2.39. The van der Waals surface area contributed by atoms with Crippen LogP contribution in [0.1, 0.15) is 58.1 Å². The highest BCUT2D eigenvalue weighted by Gasteiger charge is 2.45. The Kier molecular flexibility index (Phi) is 7.98. The van der Waals surface area contributed by atoms with Crippen molar-refractivity contribution in [3.8, 4) is 0 Å². The van der Waals surface area contributed by atoms with Gasteiger partial charge in [-0.25, -0.2) is 0 Å². The van der Waals surface area contributed by atoms with Crippen molar-refractivity contribution < 1.29 is 19.1 Å². The molecular weight excluding hydrogens is 370 g/mol. The second-order valence-corrected chi connectivity index (χ2v) is 13.9. The Morgan fingerprint density at radius 1 is 1.36 bits per heavy atom. The number of ether oxygens (including phenoxy) is 1. The zero-order valence-electron chi connectivity index (χ0n) is 17.9. The van der Waals surface area contributed by atoms with Gasteiger partial charge in [0.05, 0.1) is 18.8 Å². The molecule has 1 aliphatic heterocycles. The van der Waals surface area contributed by atoms with Crippen molar-refractivity contribution >= 4 is 14.3 Å². The van der Waals surface area contributed by atoms with E-state index in [9.17, 15) is 4.79 Å². The lowest BCUT2D eigenvalue weighted by atomic mass is 9.90. The maximum Gasteiger partial charge on any atom is 0.303 e. The minimum Gasteiger partial charge on any atom is -0.481 e. The van der Waals surface area contributed by atoms with E-state index < -0.39 is 14.3 Å². The second kappa shape index (κ2) is 9.81. The molecule has 2 rings (SSSR count). The average molecular weight is 406 g/mol. The first-order valence-electron chi connectivity index (χ1n) is 10.2. The number of hydrogen-bond acceptors (Lipinski definition) is 4. The van der Waals surface area contributed by atoms with Crippen LogP contribution in [0.5, 0.6) is 0 Å². The van der Waals surface area contributed by atoms with Crippen molar-refractivity contribution in [1.29, 1.82) is 0 Å². The van der Waals surface area contributed by atoms with Gasteiger partial charge in [0.2, 0.25) is 0 Å². The number of aromatic nitrogens is 1. The van der Waals surface area contributed by atoms with E-state index >= 15 is 0 Å². The van der Waals surface area contributed by atoms with Gasteiger partial charge in [-0.2, -0.15) is 0 Å². The van der Waals surface area contributed by atoms with Gasteiger partial charge in [0.1, 0.15) is 0 Å². The van der Waals surface area contributed by atoms with Crippen LogP contribution in [0.4, 0.5) is 0 Å². The van der Waals surface area contributed by atoms with Crippen molar-refractivity contribution in [3.63, 3.8) is 0 Å². The largest absolute Gasteiger partial charge is 0.481 e. The van der Waals surface area contributed by atoms with Crippen LogP contribution in [0.25, 0.3) is 0 Å². The highest BCUT2D eigenvalue weighted by atomic mass is 28.4. The Morgan fingerprint density at radius 3 is 2.68 bits per heavy atom. The van der Waals surface area contributed by atoms with E-state index in [1.807, 2.05) is 18.3 Å². The highest BCUT2D eigenvalue weighted by molar-refractivity contribution is 6.74. The lowest BCUT2D eigenvalue weighted by molar-refractivity contribution is -0.136. The molecule has 3 atom stereocenters. The van der Waals surface area contributed by atoms with E-state index in [0.717, 1.165) is 18.4 Å². The number of pyridine rings is 1. The Labute approximate surface area is 170 Å². The summed E-state index contributed by atoms with van der Waals surface area (Å²) >= 11 is 0. The molecule has 0 bridgehead atoms. The molecule has 1 aliphatic rings. The molecule has 5 nitrogen and oxygen atoms in total. The molecule has 2 heterocycles. The highest BCUT2D eigenvalue weighted by Crippen LogP contribution is 2.44. The number of aliphatic carboxylic acids is 1. The Morgan fingerprint density at radius 2 is 2.07 bits per heavy atom. The second-order valence-electron chi connectivity index (χ2n) is 9.10. The summed E-state index contributed by atoms with van der Waals surface area (Å²) in [4.78, 5) is 14.9. The van der Waals surface area contributed by atoms with Crippen LogP contribution in [-0.2, 0) is 14.0 Å². The van der Waals surface area contributed by atoms with Gasteiger partial charge in [-0.1, -0.05) is 39.0 Å². The molecule has 0 unspecified atom stereocenters. The third kappa shape index (κ3) is 6.26. The fourth-order valence-corrected chi connectivity index (χ4v) is 4.63. The molecule has 28 heavy (non-hydrogen) atoms. The molecule has 6 heteroatoms. The molecule has 0 spiro atoms. The van der Waals surface area contributed by atoms with Crippen molar-refractivity contribution in [3.05, 3.63) is 42.2 Å². The third-order valence-corrected chi connectivity index (χ3v) is 10.4. The van der Waals surface area contributed by atoms with Crippen LogP contribution >= 0.6 is 0 Å². The van der Waals surface area contributed by atoms with E-state index in [-0.39, 0.29) is 29.6 Å². The number of nitrogens with zero attached hydrogens (tertiary/aromatic N) is 1. The predicted molar refractivity (Wildman–Crippen MR) is 114 cm³/mol. The summed E-state index contributed by atoms with van der Waals surface area (Å²) < 4.78 is 12.9. The van der Waals surface area contributed by atoms with Gasteiger partial charge in [0.15, 0.2) is 8.32 Å². The topological polar surface area (TPSA) is 68.7 Å². The number of hydrogen-bond donors (Lipinski definition) is 1. The van der Waals surface area contributed by atoms with Gasteiger partial charge in [0.25, 0.3) is 0 Å². The fourth-order valence-electron chi connectivity index (χ4n) is 3.27. The van der Waals surface area contributed by atoms with Crippen molar-refractivity contribution in [2.24, 2.45) is 5.92 Å². The molecule has 1 aromatic heterocycles. The zero-order chi connectivity index (χ0) is 20.8. The smallest absolute Gasteiger partial charge is 0.303 e. The van der Waals surface area contributed by atoms with Gasteiger partial charge in [-0.3, -0.25) is 9.78 Å². The molecule has 1 aromatic rings. The van der Waals surface area contributed by atoms with Crippen LogP contribution in [0.3, 0.4) is 0 Å². The van der Waals surface area contributed by atoms with Crippen LogP contribution in [0, 0.1) is 5.92 Å². The van der Waals surface area contributed by atoms with Crippen LogP contribution < -0.4 is 0 Å². The van der Waals surface area contributed by atoms with Gasteiger partial charge < -0.3 is 14.3 Å². The number of rotatable bonds is 9. The lowest BCUT2D eigenvalue weighted by Crippen LogP contribution is -2.45. The van der Waals surface area contributed by atoms with E-state index in [2.05, 4.69) is 51.0 Å². The molecule has 1 N–H and O–H groups in total. The molecule has 0 radical (unpaired) electrons. The van der Waals surface area contributed by atoms with E-state index in [0.29, 0.717) is 13.0 Å². The summed E-state index contributed by atoms with van der Waals surface area (Å²) in [6.07, 6.45) is 10.4. The van der Waals surface area contributed by atoms with Crippen LogP contribution in [0.15, 0.2) is 36.7 Å². The average Bonchev–Trinajstić information content (AvgIpc) is 2.99. The SMILES string of the molecule is CC(C)(C)[Si](C)(C)O[C@@H]1CO[C@H](c2cccnc2)[C@@H]1CCC=CCCC(=O)O. The normalized spacial score (nSPS) is 23.4. The Balaban J connectivity index is 2.07. The first-order valence-corrected chi connectivity index (χ1v) is 13.1. The monoisotopic (exact) mass is 405 g/mol. The molecule has 0 saturated carbocycles. The standard InChI is InChI=1S/C22H35NO4Si/c1-22(2,3)28(4,5)27-19-16-26-21(17-11-10-14-23-15-17)18(19)12-8-6-7-9-13-20(24)25/h6-7,10-11,14-15,18-19,21H,8-9,12-13,16H2,1-5H3,(H,24,25)/t18-,19-,21-/m1/s1. The number of carbonyl (C=O) groups is 1.